The van der Waals surface area contributed by atoms with Gasteiger partial charge in [-0.2, -0.15) is 0 Å². The van der Waals surface area contributed by atoms with Gasteiger partial charge in [0.1, 0.15) is 5.82 Å². The highest BCUT2D eigenvalue weighted by Gasteiger charge is 2.36. The van der Waals surface area contributed by atoms with Gasteiger partial charge in [-0.1, -0.05) is 24.3 Å². The highest BCUT2D eigenvalue weighted by Crippen LogP contribution is 2.37. The quantitative estimate of drug-likeness (QED) is 0.299. The van der Waals surface area contributed by atoms with E-state index in [0.29, 0.717) is 11.3 Å². The number of esters is 1. The lowest BCUT2D eigenvalue weighted by Crippen LogP contribution is -2.27. The number of imide groups is 1. The molecular weight excluding hydrogens is 433 g/mol. The number of carbonyl (C=O) groups is 3. The molecule has 3 aromatic carbocycles. The molecule has 0 bridgehead atoms. The summed E-state index contributed by atoms with van der Waals surface area (Å²) < 4.78 is 23.7. The molecule has 0 atom stereocenters. The predicted molar refractivity (Wildman–Crippen MR) is 119 cm³/mol. The molecular formula is C24H16FNO5S. The van der Waals surface area contributed by atoms with Crippen molar-refractivity contribution < 1.29 is 28.2 Å². The van der Waals surface area contributed by atoms with Crippen LogP contribution in [-0.4, -0.2) is 24.2 Å². The highest BCUT2D eigenvalue weighted by molar-refractivity contribution is 8.19. The molecule has 1 fully saturated rings. The van der Waals surface area contributed by atoms with Crippen molar-refractivity contribution in [2.45, 2.75) is 0 Å². The molecule has 0 aromatic heterocycles. The Hall–Kier alpha value is -3.91. The number of methoxy groups -OCH3 is 1. The van der Waals surface area contributed by atoms with Gasteiger partial charge in [-0.15, -0.1) is 0 Å². The first-order valence-corrected chi connectivity index (χ1v) is 10.3. The van der Waals surface area contributed by atoms with E-state index in [2.05, 4.69) is 0 Å². The van der Waals surface area contributed by atoms with Crippen LogP contribution in [0.1, 0.15) is 15.9 Å². The molecule has 1 aliphatic rings. The third-order valence-electron chi connectivity index (χ3n) is 4.58. The number of amides is 2. The number of anilines is 1. The van der Waals surface area contributed by atoms with E-state index >= 15 is 0 Å². The van der Waals surface area contributed by atoms with Crippen LogP contribution in [0.2, 0.25) is 0 Å². The first kappa shape index (κ1) is 21.3. The maximum Gasteiger partial charge on any atom is 0.343 e. The molecule has 0 N–H and O–H groups in total. The highest BCUT2D eigenvalue weighted by atomic mass is 32.2. The Balaban J connectivity index is 1.56. The van der Waals surface area contributed by atoms with Crippen LogP contribution in [0.5, 0.6) is 11.5 Å². The van der Waals surface area contributed by atoms with Crippen molar-refractivity contribution in [3.63, 3.8) is 0 Å². The van der Waals surface area contributed by atoms with Crippen LogP contribution in [0.4, 0.5) is 14.9 Å². The Labute approximate surface area is 187 Å². The summed E-state index contributed by atoms with van der Waals surface area (Å²) >= 11 is 0.840. The molecule has 0 radical (unpaired) electrons. The van der Waals surface area contributed by atoms with Gasteiger partial charge in [-0.25, -0.2) is 14.1 Å². The average Bonchev–Trinajstić information content (AvgIpc) is 3.08. The molecule has 0 unspecified atom stereocenters. The Morgan fingerprint density at radius 3 is 2.38 bits per heavy atom. The van der Waals surface area contributed by atoms with E-state index in [4.69, 9.17) is 9.47 Å². The summed E-state index contributed by atoms with van der Waals surface area (Å²) in [6.07, 6.45) is 1.57. The summed E-state index contributed by atoms with van der Waals surface area (Å²) in [4.78, 5) is 38.8. The lowest BCUT2D eigenvalue weighted by molar-refractivity contribution is -0.113. The topological polar surface area (TPSA) is 72.9 Å². The number of carbonyl (C=O) groups excluding carboxylic acids is 3. The van der Waals surface area contributed by atoms with Crippen LogP contribution in [0.25, 0.3) is 6.08 Å². The summed E-state index contributed by atoms with van der Waals surface area (Å²) in [5, 5.41) is -0.385. The summed E-state index contributed by atoms with van der Waals surface area (Å²) in [6, 6.07) is 18.4. The number of hydrogen-bond donors (Lipinski definition) is 0. The van der Waals surface area contributed by atoms with E-state index in [0.717, 1.165) is 16.7 Å². The van der Waals surface area contributed by atoms with Gasteiger partial charge < -0.3 is 9.47 Å². The number of ether oxygens (including phenoxy) is 2. The molecule has 1 aliphatic heterocycles. The standard InChI is InChI=1S/C24H16FNO5S/c1-30-20-13-15(7-12-19(20)31-23(28)16-8-10-17(25)11-9-16)14-21-22(27)26(24(29)32-21)18-5-3-2-4-6-18/h2-14H,1H3/b21-14-. The predicted octanol–water partition coefficient (Wildman–Crippen LogP) is 5.29. The molecule has 0 spiro atoms. The van der Waals surface area contributed by atoms with E-state index < -0.39 is 17.7 Å². The smallest absolute Gasteiger partial charge is 0.343 e. The van der Waals surface area contributed by atoms with Gasteiger partial charge in [-0.3, -0.25) is 9.59 Å². The zero-order valence-electron chi connectivity index (χ0n) is 16.8. The van der Waals surface area contributed by atoms with E-state index in [1.54, 1.807) is 48.5 Å². The molecule has 3 aromatic rings. The normalized spacial score (nSPS) is 14.7. The lowest BCUT2D eigenvalue weighted by atomic mass is 10.1. The first-order valence-electron chi connectivity index (χ1n) is 9.45. The van der Waals surface area contributed by atoms with Crippen molar-refractivity contribution in [1.82, 2.24) is 0 Å². The summed E-state index contributed by atoms with van der Waals surface area (Å²) in [6.45, 7) is 0. The molecule has 1 heterocycles. The molecule has 4 rings (SSSR count). The monoisotopic (exact) mass is 449 g/mol. The van der Waals surface area contributed by atoms with E-state index in [-0.39, 0.29) is 27.2 Å². The minimum absolute atomic E-state index is 0.163. The van der Waals surface area contributed by atoms with Gasteiger partial charge in [0.05, 0.1) is 23.3 Å². The number of halogens is 1. The number of rotatable bonds is 5. The van der Waals surface area contributed by atoms with Crippen molar-refractivity contribution >= 4 is 40.6 Å². The second-order valence-corrected chi connectivity index (χ2v) is 7.65. The Bertz CT molecular complexity index is 1220. The Kier molecular flexibility index (Phi) is 6.04. The van der Waals surface area contributed by atoms with E-state index in [1.807, 2.05) is 0 Å². The van der Waals surface area contributed by atoms with Crippen LogP contribution < -0.4 is 14.4 Å². The zero-order valence-corrected chi connectivity index (χ0v) is 17.6. The van der Waals surface area contributed by atoms with Crippen LogP contribution in [0.15, 0.2) is 77.7 Å². The molecule has 160 valence electrons. The number of thioether (sulfide) groups is 1. The number of hydrogen-bond acceptors (Lipinski definition) is 6. The summed E-state index contributed by atoms with van der Waals surface area (Å²) in [5.41, 5.74) is 1.27. The van der Waals surface area contributed by atoms with Crippen LogP contribution in [0.3, 0.4) is 0 Å². The molecule has 0 aliphatic carbocycles. The van der Waals surface area contributed by atoms with Gasteiger partial charge >= 0.3 is 5.97 Å². The second-order valence-electron chi connectivity index (χ2n) is 6.66. The summed E-state index contributed by atoms with van der Waals surface area (Å²) in [5.74, 6) is -1.12. The number of benzene rings is 3. The zero-order chi connectivity index (χ0) is 22.7. The van der Waals surface area contributed by atoms with Crippen LogP contribution in [0, 0.1) is 5.82 Å². The second kappa shape index (κ2) is 9.07. The molecule has 2 amide bonds. The van der Waals surface area contributed by atoms with Gasteiger partial charge in [-0.05, 0) is 71.9 Å². The average molecular weight is 449 g/mol. The van der Waals surface area contributed by atoms with Gasteiger partial charge in [0.2, 0.25) is 0 Å². The van der Waals surface area contributed by atoms with Crippen molar-refractivity contribution in [3.8, 4) is 11.5 Å². The van der Waals surface area contributed by atoms with Crippen molar-refractivity contribution in [2.75, 3.05) is 12.0 Å². The van der Waals surface area contributed by atoms with Crippen LogP contribution in [-0.2, 0) is 4.79 Å². The van der Waals surface area contributed by atoms with Crippen molar-refractivity contribution in [2.24, 2.45) is 0 Å². The minimum Gasteiger partial charge on any atom is -0.493 e. The fourth-order valence-electron chi connectivity index (χ4n) is 3.02. The summed E-state index contributed by atoms with van der Waals surface area (Å²) in [7, 11) is 1.41. The fraction of sp³-hybridized carbons (Fsp3) is 0.0417. The Morgan fingerprint density at radius 2 is 1.69 bits per heavy atom. The third kappa shape index (κ3) is 4.40. The third-order valence-corrected chi connectivity index (χ3v) is 5.45. The lowest BCUT2D eigenvalue weighted by Gasteiger charge is -2.12. The maximum absolute atomic E-state index is 13.1. The van der Waals surface area contributed by atoms with Crippen molar-refractivity contribution in [1.29, 1.82) is 0 Å². The molecule has 6 nitrogen and oxygen atoms in total. The maximum atomic E-state index is 13.1. The molecule has 1 saturated heterocycles. The molecule has 0 saturated carbocycles. The number of para-hydroxylation sites is 1. The molecule has 32 heavy (non-hydrogen) atoms. The van der Waals surface area contributed by atoms with E-state index in [1.165, 1.54) is 37.4 Å². The fourth-order valence-corrected chi connectivity index (χ4v) is 3.86. The number of nitrogens with zero attached hydrogens (tertiary/aromatic N) is 1. The van der Waals surface area contributed by atoms with Crippen LogP contribution >= 0.6 is 11.8 Å². The molecule has 8 heteroatoms. The minimum atomic E-state index is -0.667. The SMILES string of the molecule is COc1cc(/C=C2\SC(=O)N(c3ccccc3)C2=O)ccc1OC(=O)c1ccc(F)cc1. The first-order chi connectivity index (χ1) is 15.5. The van der Waals surface area contributed by atoms with Crippen molar-refractivity contribution in [3.05, 3.63) is 94.6 Å². The largest absolute Gasteiger partial charge is 0.493 e. The van der Waals surface area contributed by atoms with Gasteiger partial charge in [0, 0.05) is 0 Å². The van der Waals surface area contributed by atoms with Gasteiger partial charge in [0.25, 0.3) is 11.1 Å². The van der Waals surface area contributed by atoms with Gasteiger partial charge in [0.15, 0.2) is 11.5 Å². The van der Waals surface area contributed by atoms with E-state index in [9.17, 15) is 18.8 Å². The Morgan fingerprint density at radius 1 is 0.969 bits per heavy atom.